The molecule has 206 valence electrons. The third-order valence-electron chi connectivity index (χ3n) is 6.17. The van der Waals surface area contributed by atoms with Crippen LogP contribution in [0.2, 0.25) is 0 Å². The van der Waals surface area contributed by atoms with E-state index in [2.05, 4.69) is 0 Å². The molecule has 38 heavy (non-hydrogen) atoms. The molecule has 0 spiro atoms. The average molecular weight is 536 g/mol. The van der Waals surface area contributed by atoms with Crippen molar-refractivity contribution in [2.24, 2.45) is 0 Å². The quantitative estimate of drug-likeness (QED) is 0.266. The smallest absolute Gasteiger partial charge is 0.239 e. The lowest BCUT2D eigenvalue weighted by atomic mass is 9.99. The van der Waals surface area contributed by atoms with E-state index in [1.807, 2.05) is 0 Å². The molecule has 5 atom stereocenters. The van der Waals surface area contributed by atoms with Crippen LogP contribution in [0.3, 0.4) is 0 Å². The van der Waals surface area contributed by atoms with E-state index >= 15 is 0 Å². The van der Waals surface area contributed by atoms with Gasteiger partial charge >= 0.3 is 0 Å². The predicted molar refractivity (Wildman–Crippen MR) is 130 cm³/mol. The normalized spacial score (nSPS) is 23.2. The SMILES string of the molecule is COc1cc(O)c2c(=O)c(OC)c(-c3cc(OC)c(OC)cc3O[C@@H]3OC(CO)[C@@H](O)[C@H](O)C3O)oc2c1. The van der Waals surface area contributed by atoms with Crippen LogP contribution in [0, 0.1) is 0 Å². The van der Waals surface area contributed by atoms with Crippen molar-refractivity contribution >= 4 is 11.0 Å². The fourth-order valence-corrected chi connectivity index (χ4v) is 4.16. The molecular formula is C25H28O13. The monoisotopic (exact) mass is 536 g/mol. The van der Waals surface area contributed by atoms with E-state index in [1.54, 1.807) is 0 Å². The number of methoxy groups -OCH3 is 4. The minimum absolute atomic E-state index is 0.0313. The maximum absolute atomic E-state index is 13.3. The predicted octanol–water partition coefficient (Wildman–Crippen LogP) is 0.379. The molecule has 0 bridgehead atoms. The van der Waals surface area contributed by atoms with Gasteiger partial charge in [0.05, 0.1) is 40.6 Å². The van der Waals surface area contributed by atoms with Gasteiger partial charge < -0.3 is 58.4 Å². The van der Waals surface area contributed by atoms with Crippen LogP contribution in [0.5, 0.6) is 34.5 Å². The van der Waals surface area contributed by atoms with Crippen LogP contribution in [0.4, 0.5) is 0 Å². The van der Waals surface area contributed by atoms with Crippen molar-refractivity contribution in [1.29, 1.82) is 0 Å². The molecule has 0 amide bonds. The van der Waals surface area contributed by atoms with Crippen LogP contribution in [-0.2, 0) is 4.74 Å². The zero-order valence-electron chi connectivity index (χ0n) is 20.9. The zero-order chi connectivity index (χ0) is 27.7. The number of fused-ring (bicyclic) bond motifs is 1. The first-order chi connectivity index (χ1) is 18.2. The molecule has 4 rings (SSSR count). The second-order valence-corrected chi connectivity index (χ2v) is 8.33. The number of aliphatic hydroxyl groups is 4. The lowest BCUT2D eigenvalue weighted by Gasteiger charge is -2.39. The number of ether oxygens (including phenoxy) is 6. The van der Waals surface area contributed by atoms with E-state index in [9.17, 15) is 30.3 Å². The summed E-state index contributed by atoms with van der Waals surface area (Å²) in [7, 11) is 5.38. The standard InChI is InChI=1S/C25H28O13/c1-32-10-5-12(27)18-16(6-10)36-23(24(35-4)20(18)29)11-7-14(33-2)15(34-3)8-13(11)37-25-22(31)21(30)19(28)17(9-26)38-25/h5-8,17,19,21-22,25-28,30-31H,9H2,1-4H3/t17?,19-,21+,22?,25-/m1/s1. The summed E-state index contributed by atoms with van der Waals surface area (Å²) in [4.78, 5) is 13.3. The topological polar surface area (TPSA) is 187 Å². The summed E-state index contributed by atoms with van der Waals surface area (Å²) in [6.07, 6.45) is -7.81. The van der Waals surface area contributed by atoms with Gasteiger partial charge in [-0.2, -0.15) is 0 Å². The van der Waals surface area contributed by atoms with E-state index in [-0.39, 0.29) is 56.8 Å². The zero-order valence-corrected chi connectivity index (χ0v) is 20.9. The Morgan fingerprint density at radius 3 is 2.13 bits per heavy atom. The second-order valence-electron chi connectivity index (χ2n) is 8.33. The van der Waals surface area contributed by atoms with E-state index in [1.165, 1.54) is 52.7 Å². The third-order valence-corrected chi connectivity index (χ3v) is 6.17. The number of phenolic OH excluding ortho intramolecular Hbond substituents is 1. The largest absolute Gasteiger partial charge is 0.507 e. The molecule has 13 nitrogen and oxygen atoms in total. The Morgan fingerprint density at radius 2 is 1.53 bits per heavy atom. The highest BCUT2D eigenvalue weighted by molar-refractivity contribution is 5.89. The molecule has 0 saturated carbocycles. The third kappa shape index (κ3) is 4.66. The number of hydrogen-bond donors (Lipinski definition) is 5. The number of phenols is 1. The first-order valence-electron chi connectivity index (χ1n) is 11.3. The van der Waals surface area contributed by atoms with E-state index in [4.69, 9.17) is 32.8 Å². The van der Waals surface area contributed by atoms with Gasteiger partial charge in [-0.1, -0.05) is 0 Å². The van der Waals surface area contributed by atoms with Crippen LogP contribution in [0.1, 0.15) is 0 Å². The van der Waals surface area contributed by atoms with E-state index in [0.717, 1.165) is 0 Å². The summed E-state index contributed by atoms with van der Waals surface area (Å²) in [5.74, 6) is -0.261. The fourth-order valence-electron chi connectivity index (χ4n) is 4.16. The molecule has 5 N–H and O–H groups in total. The molecule has 1 fully saturated rings. The van der Waals surface area contributed by atoms with Crippen molar-refractivity contribution in [3.8, 4) is 45.8 Å². The van der Waals surface area contributed by atoms with E-state index in [0.29, 0.717) is 0 Å². The van der Waals surface area contributed by atoms with Crippen LogP contribution < -0.4 is 29.1 Å². The molecular weight excluding hydrogens is 508 g/mol. The highest BCUT2D eigenvalue weighted by Gasteiger charge is 2.45. The maximum Gasteiger partial charge on any atom is 0.239 e. The van der Waals surface area contributed by atoms with Gasteiger partial charge in [0.15, 0.2) is 17.3 Å². The summed E-state index contributed by atoms with van der Waals surface area (Å²) in [6.45, 7) is -0.664. The molecule has 2 aromatic carbocycles. The summed E-state index contributed by atoms with van der Waals surface area (Å²) in [6, 6.07) is 5.44. The lowest BCUT2D eigenvalue weighted by molar-refractivity contribution is -0.277. The number of aliphatic hydroxyl groups excluding tert-OH is 4. The van der Waals surface area contributed by atoms with Crippen LogP contribution in [0.15, 0.2) is 33.5 Å². The summed E-state index contributed by atoms with van der Waals surface area (Å²) in [5, 5.41) is 50.6. The molecule has 0 aliphatic carbocycles. The molecule has 1 aliphatic rings. The first kappa shape index (κ1) is 27.3. The summed E-state index contributed by atoms with van der Waals surface area (Å²) < 4.78 is 38.6. The van der Waals surface area contributed by atoms with Gasteiger partial charge in [0.1, 0.15) is 52.6 Å². The number of benzene rings is 2. The minimum atomic E-state index is -1.72. The van der Waals surface area contributed by atoms with Gasteiger partial charge in [0.2, 0.25) is 17.5 Å². The molecule has 2 heterocycles. The summed E-state index contributed by atoms with van der Waals surface area (Å²) in [5.41, 5.74) is -0.647. The Kier molecular flexibility index (Phi) is 7.85. The van der Waals surface area contributed by atoms with Crippen molar-refractivity contribution in [2.75, 3.05) is 35.0 Å². The summed E-state index contributed by atoms with van der Waals surface area (Å²) >= 11 is 0. The van der Waals surface area contributed by atoms with Crippen molar-refractivity contribution in [1.82, 2.24) is 0 Å². The van der Waals surface area contributed by atoms with Gasteiger partial charge in [0, 0.05) is 18.2 Å². The minimum Gasteiger partial charge on any atom is -0.507 e. The first-order valence-corrected chi connectivity index (χ1v) is 11.3. The van der Waals surface area contributed by atoms with Gasteiger partial charge in [-0.15, -0.1) is 0 Å². The van der Waals surface area contributed by atoms with Crippen LogP contribution in [-0.4, -0.2) is 91.3 Å². The molecule has 2 unspecified atom stereocenters. The number of rotatable bonds is 8. The highest BCUT2D eigenvalue weighted by atomic mass is 16.7. The van der Waals surface area contributed by atoms with Crippen molar-refractivity contribution in [2.45, 2.75) is 30.7 Å². The maximum atomic E-state index is 13.3. The lowest BCUT2D eigenvalue weighted by Crippen LogP contribution is -2.60. The Balaban J connectivity index is 1.94. The van der Waals surface area contributed by atoms with Crippen LogP contribution in [0.25, 0.3) is 22.3 Å². The number of aromatic hydroxyl groups is 1. The molecule has 13 heteroatoms. The molecule has 1 saturated heterocycles. The van der Waals surface area contributed by atoms with Crippen molar-refractivity contribution in [3.63, 3.8) is 0 Å². The Hall–Kier alpha value is -3.75. The Bertz CT molecular complexity index is 1370. The van der Waals surface area contributed by atoms with Gasteiger partial charge in [-0.3, -0.25) is 4.79 Å². The molecule has 1 aliphatic heterocycles. The van der Waals surface area contributed by atoms with Gasteiger partial charge in [-0.25, -0.2) is 0 Å². The van der Waals surface area contributed by atoms with Gasteiger partial charge in [0.25, 0.3) is 0 Å². The molecule has 0 radical (unpaired) electrons. The molecule has 3 aromatic rings. The highest BCUT2D eigenvalue weighted by Crippen LogP contribution is 2.45. The van der Waals surface area contributed by atoms with Crippen molar-refractivity contribution in [3.05, 3.63) is 34.5 Å². The fraction of sp³-hybridized carbons (Fsp3) is 0.400. The number of hydrogen-bond acceptors (Lipinski definition) is 13. The van der Waals surface area contributed by atoms with Crippen molar-refractivity contribution < 1.29 is 58.4 Å². The second kappa shape index (κ2) is 10.9. The van der Waals surface area contributed by atoms with Gasteiger partial charge in [-0.05, 0) is 6.07 Å². The molecule has 1 aromatic heterocycles. The Labute approximate surface area is 215 Å². The van der Waals surface area contributed by atoms with E-state index < -0.39 is 42.7 Å². The Morgan fingerprint density at radius 1 is 0.842 bits per heavy atom. The van der Waals surface area contributed by atoms with Crippen LogP contribution >= 0.6 is 0 Å². The average Bonchev–Trinajstić information content (AvgIpc) is 2.92.